The predicted molar refractivity (Wildman–Crippen MR) is 65.4 cm³/mol. The van der Waals surface area contributed by atoms with Gasteiger partial charge < -0.3 is 14.2 Å². The molecule has 0 aliphatic carbocycles. The van der Waals surface area contributed by atoms with Gasteiger partial charge in [0.15, 0.2) is 12.5 Å². The lowest BCUT2D eigenvalue weighted by molar-refractivity contribution is 0.0474. The van der Waals surface area contributed by atoms with Crippen molar-refractivity contribution in [3.05, 3.63) is 15.3 Å². The van der Waals surface area contributed by atoms with Gasteiger partial charge in [-0.3, -0.25) is 0 Å². The molecule has 15 heavy (non-hydrogen) atoms. The predicted octanol–water partition coefficient (Wildman–Crippen LogP) is 2.38. The number of aromatic nitrogens is 1. The van der Waals surface area contributed by atoms with Crippen LogP contribution in [0.2, 0.25) is 0 Å². The fraction of sp³-hybridized carbons (Fsp3) is 0.500. The molecule has 0 atom stereocenters. The van der Waals surface area contributed by atoms with Gasteiger partial charge in [-0.25, -0.2) is 4.98 Å². The first-order valence-corrected chi connectivity index (χ1v) is 5.68. The van der Waals surface area contributed by atoms with Gasteiger partial charge in [-0.15, -0.1) is 0 Å². The van der Waals surface area contributed by atoms with Crippen molar-refractivity contribution in [2.45, 2.75) is 13.8 Å². The van der Waals surface area contributed by atoms with Crippen molar-refractivity contribution in [3.63, 3.8) is 0 Å². The average Bonchev–Trinajstić information content (AvgIpc) is 2.17. The Balaban J connectivity index is 2.97. The lowest BCUT2D eigenvalue weighted by Crippen LogP contribution is -2.05. The zero-order chi connectivity index (χ0) is 11.3. The molecular formula is C10H14INO3. The van der Waals surface area contributed by atoms with Crippen LogP contribution >= 0.6 is 22.6 Å². The molecule has 0 aliphatic heterocycles. The number of ether oxygens (including phenoxy) is 3. The maximum absolute atomic E-state index is 5.41. The Bertz CT molecular complexity index is 331. The summed E-state index contributed by atoms with van der Waals surface area (Å²) in [6.45, 7) is 4.60. The third kappa shape index (κ3) is 3.49. The van der Waals surface area contributed by atoms with Crippen molar-refractivity contribution < 1.29 is 14.2 Å². The summed E-state index contributed by atoms with van der Waals surface area (Å²) in [5.41, 5.74) is 0.910. The molecule has 0 aliphatic rings. The quantitative estimate of drug-likeness (QED) is 0.616. The normalized spacial score (nSPS) is 10.1. The van der Waals surface area contributed by atoms with Crippen LogP contribution < -0.4 is 9.47 Å². The summed E-state index contributed by atoms with van der Waals surface area (Å²) < 4.78 is 16.6. The highest BCUT2D eigenvalue weighted by atomic mass is 127. The van der Waals surface area contributed by atoms with Gasteiger partial charge in [0.05, 0.1) is 10.2 Å². The Morgan fingerprint density at radius 2 is 2.13 bits per heavy atom. The van der Waals surface area contributed by atoms with Crippen LogP contribution in [0.25, 0.3) is 0 Å². The summed E-state index contributed by atoms with van der Waals surface area (Å²) in [6.07, 6.45) is 0. The van der Waals surface area contributed by atoms with Gasteiger partial charge in [0.1, 0.15) is 0 Å². The highest BCUT2D eigenvalue weighted by molar-refractivity contribution is 14.1. The van der Waals surface area contributed by atoms with E-state index in [4.69, 9.17) is 14.2 Å². The first-order valence-electron chi connectivity index (χ1n) is 4.60. The molecule has 5 heteroatoms. The fourth-order valence-corrected chi connectivity index (χ4v) is 1.91. The molecule has 1 heterocycles. The molecule has 0 amide bonds. The van der Waals surface area contributed by atoms with Crippen LogP contribution in [-0.4, -0.2) is 25.5 Å². The SMILES string of the molecule is CCOc1nc(C)cc(I)c1OCOC. The van der Waals surface area contributed by atoms with Crippen molar-refractivity contribution in [1.29, 1.82) is 0 Å². The van der Waals surface area contributed by atoms with Crippen LogP contribution in [0.1, 0.15) is 12.6 Å². The first-order chi connectivity index (χ1) is 7.19. The van der Waals surface area contributed by atoms with Crippen molar-refractivity contribution >= 4 is 22.6 Å². The monoisotopic (exact) mass is 323 g/mol. The lowest BCUT2D eigenvalue weighted by atomic mass is 10.3. The number of halogens is 1. The van der Waals surface area contributed by atoms with Crippen LogP contribution in [0, 0.1) is 10.5 Å². The minimum absolute atomic E-state index is 0.195. The van der Waals surface area contributed by atoms with E-state index in [0.717, 1.165) is 9.26 Å². The lowest BCUT2D eigenvalue weighted by Gasteiger charge is -2.12. The molecule has 0 saturated carbocycles. The van der Waals surface area contributed by atoms with Gasteiger partial charge in [0.2, 0.25) is 0 Å². The number of methoxy groups -OCH3 is 1. The van der Waals surface area contributed by atoms with E-state index in [1.54, 1.807) is 7.11 Å². The molecule has 0 saturated heterocycles. The molecule has 1 aromatic rings. The van der Waals surface area contributed by atoms with E-state index in [0.29, 0.717) is 18.2 Å². The molecule has 1 aromatic heterocycles. The second-order valence-corrected chi connectivity index (χ2v) is 4.03. The van der Waals surface area contributed by atoms with E-state index in [1.165, 1.54) is 0 Å². The third-order valence-electron chi connectivity index (χ3n) is 1.63. The van der Waals surface area contributed by atoms with Crippen molar-refractivity contribution in [2.75, 3.05) is 20.5 Å². The Hall–Kier alpha value is -0.560. The number of aryl methyl sites for hydroxylation is 1. The highest BCUT2D eigenvalue weighted by Gasteiger charge is 2.12. The molecule has 0 unspecified atom stereocenters. The average molecular weight is 323 g/mol. The van der Waals surface area contributed by atoms with E-state index in [2.05, 4.69) is 27.6 Å². The molecule has 0 radical (unpaired) electrons. The fourth-order valence-electron chi connectivity index (χ4n) is 1.08. The molecule has 84 valence electrons. The van der Waals surface area contributed by atoms with Gasteiger partial charge in [-0.1, -0.05) is 0 Å². The standard InChI is InChI=1S/C10H14INO3/c1-4-14-10-9(15-6-13-3)8(11)5-7(2)12-10/h5H,4,6H2,1-3H3. The summed E-state index contributed by atoms with van der Waals surface area (Å²) in [4.78, 5) is 4.27. The number of nitrogens with zero attached hydrogens (tertiary/aromatic N) is 1. The van der Waals surface area contributed by atoms with Crippen LogP contribution in [0.5, 0.6) is 11.6 Å². The van der Waals surface area contributed by atoms with Gasteiger partial charge in [-0.05, 0) is 42.5 Å². The smallest absolute Gasteiger partial charge is 0.258 e. The Labute approximate surface area is 103 Å². The summed E-state index contributed by atoms with van der Waals surface area (Å²) in [5.74, 6) is 1.17. The van der Waals surface area contributed by atoms with Crippen LogP contribution in [0.4, 0.5) is 0 Å². The molecule has 0 spiro atoms. The van der Waals surface area contributed by atoms with E-state index >= 15 is 0 Å². The largest absolute Gasteiger partial charge is 0.475 e. The van der Waals surface area contributed by atoms with Gasteiger partial charge in [0, 0.05) is 12.8 Å². The second kappa shape index (κ2) is 6.12. The summed E-state index contributed by atoms with van der Waals surface area (Å²) >= 11 is 2.19. The highest BCUT2D eigenvalue weighted by Crippen LogP contribution is 2.31. The van der Waals surface area contributed by atoms with Gasteiger partial charge in [0.25, 0.3) is 5.88 Å². The minimum atomic E-state index is 0.195. The van der Waals surface area contributed by atoms with Crippen LogP contribution in [-0.2, 0) is 4.74 Å². The van der Waals surface area contributed by atoms with E-state index in [9.17, 15) is 0 Å². The number of hydrogen-bond donors (Lipinski definition) is 0. The number of hydrogen-bond acceptors (Lipinski definition) is 4. The number of rotatable bonds is 5. The Morgan fingerprint density at radius 3 is 2.73 bits per heavy atom. The summed E-state index contributed by atoms with van der Waals surface area (Å²) in [6, 6.07) is 1.94. The maximum Gasteiger partial charge on any atom is 0.258 e. The summed E-state index contributed by atoms with van der Waals surface area (Å²) in [7, 11) is 1.58. The maximum atomic E-state index is 5.41. The molecule has 1 rings (SSSR count). The molecule has 0 fully saturated rings. The molecule has 4 nitrogen and oxygen atoms in total. The van der Waals surface area contributed by atoms with E-state index < -0.39 is 0 Å². The summed E-state index contributed by atoms with van der Waals surface area (Å²) in [5, 5.41) is 0. The van der Waals surface area contributed by atoms with Gasteiger partial charge >= 0.3 is 0 Å². The van der Waals surface area contributed by atoms with Crippen molar-refractivity contribution in [2.24, 2.45) is 0 Å². The molecule has 0 N–H and O–H groups in total. The topological polar surface area (TPSA) is 40.6 Å². The Morgan fingerprint density at radius 1 is 1.40 bits per heavy atom. The van der Waals surface area contributed by atoms with Crippen molar-refractivity contribution in [3.8, 4) is 11.6 Å². The molecular weight excluding hydrogens is 309 g/mol. The van der Waals surface area contributed by atoms with Gasteiger partial charge in [-0.2, -0.15) is 0 Å². The van der Waals surface area contributed by atoms with Crippen molar-refractivity contribution in [1.82, 2.24) is 4.98 Å². The van der Waals surface area contributed by atoms with Crippen LogP contribution in [0.3, 0.4) is 0 Å². The first kappa shape index (κ1) is 12.5. The Kier molecular flexibility index (Phi) is 5.10. The third-order valence-corrected chi connectivity index (χ3v) is 2.43. The molecule has 0 bridgehead atoms. The number of pyridine rings is 1. The van der Waals surface area contributed by atoms with E-state index in [-0.39, 0.29) is 6.79 Å². The zero-order valence-corrected chi connectivity index (χ0v) is 11.2. The molecule has 0 aromatic carbocycles. The second-order valence-electron chi connectivity index (χ2n) is 2.86. The van der Waals surface area contributed by atoms with E-state index in [1.807, 2.05) is 19.9 Å². The van der Waals surface area contributed by atoms with Crippen LogP contribution in [0.15, 0.2) is 6.07 Å². The minimum Gasteiger partial charge on any atom is -0.475 e. The zero-order valence-electron chi connectivity index (χ0n) is 9.04.